The molecule has 2 aromatic carbocycles. The van der Waals surface area contributed by atoms with E-state index in [0.29, 0.717) is 6.04 Å². The lowest BCUT2D eigenvalue weighted by Gasteiger charge is -2.21. The van der Waals surface area contributed by atoms with Crippen molar-refractivity contribution in [2.24, 2.45) is 0 Å². The van der Waals surface area contributed by atoms with Crippen LogP contribution in [0, 0.1) is 6.92 Å². The van der Waals surface area contributed by atoms with Crippen molar-refractivity contribution in [1.82, 2.24) is 5.32 Å². The number of amides is 1. The molecule has 0 saturated heterocycles. The molecule has 0 bridgehead atoms. The zero-order chi connectivity index (χ0) is 19.8. The minimum Gasteiger partial charge on any atom is -0.496 e. The van der Waals surface area contributed by atoms with Crippen LogP contribution < -0.4 is 10.1 Å². The van der Waals surface area contributed by atoms with Gasteiger partial charge in [-0.1, -0.05) is 49.8 Å². The fourth-order valence-electron chi connectivity index (χ4n) is 3.70. The molecule has 150 valence electrons. The van der Waals surface area contributed by atoms with Crippen LogP contribution in [0.15, 0.2) is 47.4 Å². The number of aryl methyl sites for hydroxylation is 1. The highest BCUT2D eigenvalue weighted by atomic mass is 32.2. The third-order valence-electron chi connectivity index (χ3n) is 5.40. The van der Waals surface area contributed by atoms with Crippen LogP contribution in [0.5, 0.6) is 5.75 Å². The van der Waals surface area contributed by atoms with Crippen molar-refractivity contribution in [2.75, 3.05) is 7.11 Å². The minimum atomic E-state index is 0.0369. The molecule has 0 heterocycles. The highest BCUT2D eigenvalue weighted by molar-refractivity contribution is 7.98. The molecule has 1 N–H and O–H groups in total. The van der Waals surface area contributed by atoms with Crippen molar-refractivity contribution in [3.63, 3.8) is 0 Å². The average Bonchev–Trinajstić information content (AvgIpc) is 2.69. The summed E-state index contributed by atoms with van der Waals surface area (Å²) < 4.78 is 5.52. The van der Waals surface area contributed by atoms with Gasteiger partial charge in [0.15, 0.2) is 0 Å². The Morgan fingerprint density at radius 1 is 1.04 bits per heavy atom. The van der Waals surface area contributed by atoms with Gasteiger partial charge in [0.1, 0.15) is 5.75 Å². The van der Waals surface area contributed by atoms with Crippen molar-refractivity contribution in [1.29, 1.82) is 0 Å². The SMILES string of the molecule is COc1ccc(C(=O)NC2CCCCCCC2)cc1CSc1ccc(C)cc1. The molecule has 4 heteroatoms. The summed E-state index contributed by atoms with van der Waals surface area (Å²) in [4.78, 5) is 14.0. The molecule has 1 saturated carbocycles. The predicted octanol–water partition coefficient (Wildman–Crippen LogP) is 6.14. The maximum Gasteiger partial charge on any atom is 0.251 e. The van der Waals surface area contributed by atoms with Crippen LogP contribution in [0.25, 0.3) is 0 Å². The van der Waals surface area contributed by atoms with Crippen LogP contribution in [0.1, 0.15) is 66.4 Å². The van der Waals surface area contributed by atoms with Crippen molar-refractivity contribution < 1.29 is 9.53 Å². The van der Waals surface area contributed by atoms with E-state index in [4.69, 9.17) is 4.74 Å². The van der Waals surface area contributed by atoms with E-state index in [1.807, 2.05) is 18.2 Å². The number of benzene rings is 2. The summed E-state index contributed by atoms with van der Waals surface area (Å²) in [5, 5.41) is 3.26. The monoisotopic (exact) mass is 397 g/mol. The fourth-order valence-corrected chi connectivity index (χ4v) is 4.57. The maximum absolute atomic E-state index is 12.8. The summed E-state index contributed by atoms with van der Waals surface area (Å²) in [6, 6.07) is 14.6. The van der Waals surface area contributed by atoms with E-state index in [1.54, 1.807) is 18.9 Å². The third kappa shape index (κ3) is 6.03. The van der Waals surface area contributed by atoms with Gasteiger partial charge in [-0.2, -0.15) is 0 Å². The second-order valence-corrected chi connectivity index (χ2v) is 8.69. The number of hydrogen-bond donors (Lipinski definition) is 1. The average molecular weight is 398 g/mol. The van der Waals surface area contributed by atoms with E-state index in [1.165, 1.54) is 42.6 Å². The summed E-state index contributed by atoms with van der Waals surface area (Å²) in [7, 11) is 1.68. The fraction of sp³-hybridized carbons (Fsp3) is 0.458. The second kappa shape index (κ2) is 10.6. The minimum absolute atomic E-state index is 0.0369. The zero-order valence-corrected chi connectivity index (χ0v) is 17.8. The molecule has 28 heavy (non-hydrogen) atoms. The van der Waals surface area contributed by atoms with Crippen molar-refractivity contribution >= 4 is 17.7 Å². The number of thioether (sulfide) groups is 1. The molecule has 0 atom stereocenters. The molecule has 1 fully saturated rings. The molecule has 3 nitrogen and oxygen atoms in total. The number of methoxy groups -OCH3 is 1. The van der Waals surface area contributed by atoms with E-state index in [9.17, 15) is 4.79 Å². The molecular formula is C24H31NO2S. The molecule has 0 aromatic heterocycles. The first-order valence-electron chi connectivity index (χ1n) is 10.3. The topological polar surface area (TPSA) is 38.3 Å². The highest BCUT2D eigenvalue weighted by Crippen LogP contribution is 2.29. The van der Waals surface area contributed by atoms with E-state index in [2.05, 4.69) is 36.5 Å². The van der Waals surface area contributed by atoms with Gasteiger partial charge in [0.2, 0.25) is 0 Å². The molecular weight excluding hydrogens is 366 g/mol. The van der Waals surface area contributed by atoms with Crippen molar-refractivity contribution in [3.05, 3.63) is 59.2 Å². The standard InChI is InChI=1S/C24H31NO2S/c1-18-10-13-22(14-11-18)28-17-20-16-19(12-15-23(20)27-2)24(26)25-21-8-6-4-3-5-7-9-21/h10-16,21H,3-9,17H2,1-2H3,(H,25,26). The van der Waals surface area contributed by atoms with Crippen LogP contribution >= 0.6 is 11.8 Å². The Balaban J connectivity index is 1.66. The highest BCUT2D eigenvalue weighted by Gasteiger charge is 2.16. The van der Waals surface area contributed by atoms with Crippen molar-refractivity contribution in [2.45, 2.75) is 68.6 Å². The lowest BCUT2D eigenvalue weighted by Crippen LogP contribution is -2.35. The van der Waals surface area contributed by atoms with E-state index >= 15 is 0 Å². The number of ether oxygens (including phenoxy) is 1. The third-order valence-corrected chi connectivity index (χ3v) is 6.46. The lowest BCUT2D eigenvalue weighted by atomic mass is 9.96. The predicted molar refractivity (Wildman–Crippen MR) is 117 cm³/mol. The Morgan fingerprint density at radius 2 is 1.71 bits per heavy atom. The molecule has 3 rings (SSSR count). The molecule has 1 aliphatic rings. The van der Waals surface area contributed by atoms with E-state index in [0.717, 1.165) is 35.5 Å². The molecule has 0 aliphatic heterocycles. The largest absolute Gasteiger partial charge is 0.496 e. The van der Waals surface area contributed by atoms with Gasteiger partial charge in [0.05, 0.1) is 7.11 Å². The Labute approximate surface area is 173 Å². The summed E-state index contributed by atoms with van der Waals surface area (Å²) in [6.07, 6.45) is 8.53. The summed E-state index contributed by atoms with van der Waals surface area (Å²) in [5.74, 6) is 1.65. The zero-order valence-electron chi connectivity index (χ0n) is 17.0. The summed E-state index contributed by atoms with van der Waals surface area (Å²) in [5.41, 5.74) is 3.04. The van der Waals surface area contributed by atoms with Gasteiger partial charge in [-0.3, -0.25) is 4.79 Å². The quantitative estimate of drug-likeness (QED) is 0.595. The van der Waals surface area contributed by atoms with Crippen LogP contribution in [0.4, 0.5) is 0 Å². The molecule has 1 amide bonds. The second-order valence-electron chi connectivity index (χ2n) is 7.64. The van der Waals surface area contributed by atoms with Crippen LogP contribution in [0.2, 0.25) is 0 Å². The van der Waals surface area contributed by atoms with Crippen LogP contribution in [0.3, 0.4) is 0 Å². The first kappa shape index (κ1) is 20.8. The Hall–Kier alpha value is -1.94. The Bertz CT molecular complexity index is 765. The molecule has 0 unspecified atom stereocenters. The molecule has 2 aromatic rings. The number of carbonyl (C=O) groups excluding carboxylic acids is 1. The molecule has 1 aliphatic carbocycles. The van der Waals surface area contributed by atoms with Crippen LogP contribution in [-0.2, 0) is 5.75 Å². The van der Waals surface area contributed by atoms with Gasteiger partial charge < -0.3 is 10.1 Å². The molecule has 0 radical (unpaired) electrons. The first-order valence-corrected chi connectivity index (χ1v) is 11.3. The maximum atomic E-state index is 12.8. The normalized spacial score (nSPS) is 15.5. The lowest BCUT2D eigenvalue weighted by molar-refractivity contribution is 0.0930. The summed E-state index contributed by atoms with van der Waals surface area (Å²) >= 11 is 1.76. The van der Waals surface area contributed by atoms with Gasteiger partial charge in [-0.05, 0) is 50.1 Å². The van der Waals surface area contributed by atoms with Gasteiger partial charge in [0.25, 0.3) is 5.91 Å². The Morgan fingerprint density at radius 3 is 2.39 bits per heavy atom. The van der Waals surface area contributed by atoms with Gasteiger partial charge in [-0.25, -0.2) is 0 Å². The number of hydrogen-bond acceptors (Lipinski definition) is 3. The van der Waals surface area contributed by atoms with Crippen LogP contribution in [-0.4, -0.2) is 19.1 Å². The Kier molecular flexibility index (Phi) is 7.84. The van der Waals surface area contributed by atoms with Gasteiger partial charge >= 0.3 is 0 Å². The molecule has 0 spiro atoms. The van der Waals surface area contributed by atoms with Gasteiger partial charge in [-0.15, -0.1) is 11.8 Å². The van der Waals surface area contributed by atoms with E-state index < -0.39 is 0 Å². The first-order chi connectivity index (χ1) is 13.7. The van der Waals surface area contributed by atoms with E-state index in [-0.39, 0.29) is 5.91 Å². The van der Waals surface area contributed by atoms with Crippen molar-refractivity contribution in [3.8, 4) is 5.75 Å². The number of carbonyl (C=O) groups is 1. The number of rotatable bonds is 6. The summed E-state index contributed by atoms with van der Waals surface area (Å²) in [6.45, 7) is 2.09. The van der Waals surface area contributed by atoms with Gasteiger partial charge in [0, 0.05) is 27.8 Å². The number of nitrogens with one attached hydrogen (secondary N) is 1. The smallest absolute Gasteiger partial charge is 0.251 e.